The van der Waals surface area contributed by atoms with Gasteiger partial charge in [-0.15, -0.1) is 0 Å². The fraction of sp³-hybridized carbons (Fsp3) is 0.859. The van der Waals surface area contributed by atoms with Crippen LogP contribution in [-0.4, -0.2) is 47.4 Å². The average molecular weight is 1080 g/mol. The molecular weight excluding hydrogens is 947 g/mol. The average Bonchev–Trinajstić information content (AvgIpc) is 3.43. The van der Waals surface area contributed by atoms with Crippen LogP contribution >= 0.6 is 0 Å². The minimum Gasteiger partial charge on any atom is -0.466 e. The molecule has 0 saturated heterocycles. The van der Waals surface area contributed by atoms with Crippen LogP contribution in [0.5, 0.6) is 0 Å². The first-order chi connectivity index (χ1) is 38.0. The van der Waals surface area contributed by atoms with E-state index >= 15 is 0 Å². The summed E-state index contributed by atoms with van der Waals surface area (Å²) in [4.78, 5) is 24.6. The standard InChI is InChI=1S/C71H133NO5/c1-3-5-7-9-11-13-15-17-18-19-20-21-22-24-27-30-33-36-40-43-47-51-55-59-63-69(74)68(67-73)72-70(75)64-60-56-52-48-44-41-37-34-31-28-25-23-26-29-32-35-38-42-46-50-54-58-62-66-77-71(76)65-61-57-53-49-45-39-16-14-12-10-8-6-4-2/h14,16,23,26,28,31,59,63,68-69,73-74H,3-13,15,17-22,24-25,27,29-30,32-58,60-62,64-67H2,1-2H3,(H,72,75)/b16-14-,26-23-,31-28-,63-59+. The number of carbonyl (C=O) groups excluding carboxylic acids is 2. The first kappa shape index (κ1) is 74.8. The van der Waals surface area contributed by atoms with E-state index in [1.54, 1.807) is 6.08 Å². The van der Waals surface area contributed by atoms with Crippen LogP contribution in [0.25, 0.3) is 0 Å². The summed E-state index contributed by atoms with van der Waals surface area (Å²) in [6.07, 6.45) is 86.0. The number of nitrogens with one attached hydrogen (secondary N) is 1. The molecule has 0 aromatic carbocycles. The van der Waals surface area contributed by atoms with Gasteiger partial charge in [0.05, 0.1) is 25.4 Å². The molecule has 0 aromatic heterocycles. The molecule has 0 rings (SSSR count). The second kappa shape index (κ2) is 66.3. The van der Waals surface area contributed by atoms with Gasteiger partial charge in [0, 0.05) is 12.8 Å². The van der Waals surface area contributed by atoms with Crippen molar-refractivity contribution in [2.75, 3.05) is 13.2 Å². The smallest absolute Gasteiger partial charge is 0.305 e. The summed E-state index contributed by atoms with van der Waals surface area (Å²) in [6, 6.07) is -0.638. The molecule has 0 saturated carbocycles. The molecule has 3 N–H and O–H groups in total. The largest absolute Gasteiger partial charge is 0.466 e. The molecule has 0 heterocycles. The molecule has 1 amide bonds. The van der Waals surface area contributed by atoms with E-state index in [4.69, 9.17) is 4.74 Å². The van der Waals surface area contributed by atoms with Crippen molar-refractivity contribution in [3.8, 4) is 0 Å². The first-order valence-corrected chi connectivity index (χ1v) is 34.4. The highest BCUT2D eigenvalue weighted by Crippen LogP contribution is 2.18. The molecule has 0 aromatic rings. The highest BCUT2D eigenvalue weighted by Gasteiger charge is 2.18. The summed E-state index contributed by atoms with van der Waals surface area (Å²) in [6.45, 7) is 4.90. The van der Waals surface area contributed by atoms with Gasteiger partial charge in [-0.05, 0) is 89.9 Å². The van der Waals surface area contributed by atoms with Crippen LogP contribution < -0.4 is 5.32 Å². The van der Waals surface area contributed by atoms with Gasteiger partial charge in [0.1, 0.15) is 0 Å². The van der Waals surface area contributed by atoms with Crippen LogP contribution in [0, 0.1) is 0 Å². The zero-order chi connectivity index (χ0) is 55.7. The van der Waals surface area contributed by atoms with Gasteiger partial charge in [0.15, 0.2) is 0 Å². The van der Waals surface area contributed by atoms with Gasteiger partial charge in [-0.25, -0.2) is 0 Å². The van der Waals surface area contributed by atoms with E-state index in [9.17, 15) is 19.8 Å². The van der Waals surface area contributed by atoms with E-state index in [0.717, 1.165) is 64.2 Å². The zero-order valence-electron chi connectivity index (χ0n) is 51.7. The van der Waals surface area contributed by atoms with Crippen molar-refractivity contribution in [2.45, 2.75) is 379 Å². The van der Waals surface area contributed by atoms with Crippen LogP contribution in [-0.2, 0) is 14.3 Å². The number of aliphatic hydroxyl groups is 2. The second-order valence-electron chi connectivity index (χ2n) is 23.5. The van der Waals surface area contributed by atoms with Crippen LogP contribution in [0.1, 0.15) is 367 Å². The minimum atomic E-state index is -0.853. The predicted octanol–water partition coefficient (Wildman–Crippen LogP) is 22.1. The molecule has 6 nitrogen and oxygen atoms in total. The number of esters is 1. The van der Waals surface area contributed by atoms with E-state index < -0.39 is 12.1 Å². The van der Waals surface area contributed by atoms with Gasteiger partial charge in [0.25, 0.3) is 0 Å². The van der Waals surface area contributed by atoms with Crippen molar-refractivity contribution in [3.63, 3.8) is 0 Å². The number of amides is 1. The Balaban J connectivity index is 3.48. The Morgan fingerprint density at radius 3 is 1.01 bits per heavy atom. The van der Waals surface area contributed by atoms with Gasteiger partial charge in [0.2, 0.25) is 5.91 Å². The highest BCUT2D eigenvalue weighted by molar-refractivity contribution is 5.76. The number of carbonyl (C=O) groups is 2. The Bertz CT molecular complexity index is 1290. The maximum Gasteiger partial charge on any atom is 0.305 e. The summed E-state index contributed by atoms with van der Waals surface area (Å²) in [5.41, 5.74) is 0. The van der Waals surface area contributed by atoms with Crippen LogP contribution in [0.4, 0.5) is 0 Å². The third kappa shape index (κ3) is 62.9. The number of allylic oxidation sites excluding steroid dienone is 7. The maximum atomic E-state index is 12.5. The Morgan fingerprint density at radius 2 is 0.649 bits per heavy atom. The lowest BCUT2D eigenvalue weighted by Gasteiger charge is -2.20. The topological polar surface area (TPSA) is 95.9 Å². The molecular formula is C71H133NO5. The molecule has 77 heavy (non-hydrogen) atoms. The molecule has 2 unspecified atom stereocenters. The Morgan fingerprint density at radius 1 is 0.364 bits per heavy atom. The Hall–Kier alpha value is -2.18. The summed E-state index contributed by atoms with van der Waals surface area (Å²) in [5, 5.41) is 23.3. The molecule has 0 aliphatic rings. The molecule has 0 radical (unpaired) electrons. The van der Waals surface area contributed by atoms with Crippen molar-refractivity contribution >= 4 is 11.9 Å². The van der Waals surface area contributed by atoms with E-state index in [1.165, 1.54) is 276 Å². The van der Waals surface area contributed by atoms with Gasteiger partial charge in [-0.1, -0.05) is 313 Å². The summed E-state index contributed by atoms with van der Waals surface area (Å²) < 4.78 is 5.47. The molecule has 0 spiro atoms. The second-order valence-corrected chi connectivity index (χ2v) is 23.5. The fourth-order valence-electron chi connectivity index (χ4n) is 10.5. The Labute approximate surface area is 480 Å². The molecule has 452 valence electrons. The summed E-state index contributed by atoms with van der Waals surface area (Å²) in [7, 11) is 0. The van der Waals surface area contributed by atoms with E-state index in [2.05, 4.69) is 55.6 Å². The lowest BCUT2D eigenvalue weighted by atomic mass is 10.0. The number of hydrogen-bond acceptors (Lipinski definition) is 5. The van der Waals surface area contributed by atoms with Crippen molar-refractivity contribution in [1.82, 2.24) is 5.32 Å². The molecule has 0 bridgehead atoms. The molecule has 2 atom stereocenters. The van der Waals surface area contributed by atoms with Crippen LogP contribution in [0.15, 0.2) is 48.6 Å². The molecule has 0 aliphatic carbocycles. The SMILES string of the molecule is CCCCCC/C=C\CCCCCCCC(=O)OCCCCCCCCCCC/C=C\C/C=C\CCCCCCCCCC(=O)NC(CO)C(O)/C=C/CCCCCCCCCCCCCCCCCCCCCCCC. The van der Waals surface area contributed by atoms with Crippen molar-refractivity contribution < 1.29 is 24.5 Å². The fourth-order valence-corrected chi connectivity index (χ4v) is 10.5. The molecule has 0 fully saturated rings. The highest BCUT2D eigenvalue weighted by atomic mass is 16.5. The van der Waals surface area contributed by atoms with Crippen LogP contribution in [0.2, 0.25) is 0 Å². The summed E-state index contributed by atoms with van der Waals surface area (Å²) in [5.74, 6) is -0.0781. The lowest BCUT2D eigenvalue weighted by Crippen LogP contribution is -2.45. The maximum absolute atomic E-state index is 12.5. The van der Waals surface area contributed by atoms with Gasteiger partial charge in [-0.3, -0.25) is 9.59 Å². The quantitative estimate of drug-likeness (QED) is 0.0320. The van der Waals surface area contributed by atoms with Gasteiger partial charge < -0.3 is 20.3 Å². The third-order valence-electron chi connectivity index (χ3n) is 15.8. The summed E-state index contributed by atoms with van der Waals surface area (Å²) >= 11 is 0. The first-order valence-electron chi connectivity index (χ1n) is 34.4. The third-order valence-corrected chi connectivity index (χ3v) is 15.8. The van der Waals surface area contributed by atoms with Crippen molar-refractivity contribution in [3.05, 3.63) is 48.6 Å². The van der Waals surface area contributed by atoms with Gasteiger partial charge >= 0.3 is 5.97 Å². The lowest BCUT2D eigenvalue weighted by molar-refractivity contribution is -0.143. The van der Waals surface area contributed by atoms with Crippen molar-refractivity contribution in [1.29, 1.82) is 0 Å². The number of aliphatic hydroxyl groups excluding tert-OH is 2. The predicted molar refractivity (Wildman–Crippen MR) is 338 cm³/mol. The van der Waals surface area contributed by atoms with E-state index in [0.29, 0.717) is 19.4 Å². The molecule has 0 aliphatic heterocycles. The Kier molecular flexibility index (Phi) is 64.5. The normalized spacial score (nSPS) is 12.8. The van der Waals surface area contributed by atoms with Gasteiger partial charge in [-0.2, -0.15) is 0 Å². The monoisotopic (exact) mass is 1080 g/mol. The van der Waals surface area contributed by atoms with E-state index in [1.807, 2.05) is 6.08 Å². The van der Waals surface area contributed by atoms with Crippen molar-refractivity contribution in [2.24, 2.45) is 0 Å². The number of ether oxygens (including phenoxy) is 1. The molecule has 6 heteroatoms. The minimum absolute atomic E-state index is 0.00263. The number of hydrogen-bond donors (Lipinski definition) is 3. The van der Waals surface area contributed by atoms with E-state index in [-0.39, 0.29) is 18.5 Å². The van der Waals surface area contributed by atoms with Crippen LogP contribution in [0.3, 0.4) is 0 Å². The zero-order valence-corrected chi connectivity index (χ0v) is 51.7. The number of rotatable bonds is 64. The number of unbranched alkanes of at least 4 members (excludes halogenated alkanes) is 47.